The highest BCUT2D eigenvalue weighted by Gasteiger charge is 2.05. The van der Waals surface area contributed by atoms with Crippen molar-refractivity contribution in [2.75, 3.05) is 32.2 Å². The van der Waals surface area contributed by atoms with Crippen LogP contribution in [0.25, 0.3) is 22.3 Å². The minimum atomic E-state index is -0.0119. The molecule has 0 unspecified atom stereocenters. The van der Waals surface area contributed by atoms with Gasteiger partial charge in [-0.25, -0.2) is 4.98 Å². The SMILES string of the molecule is CN(C)c1ccc(-c2cnc3ccc(OCCO)cc3n2)cc1. The van der Waals surface area contributed by atoms with Gasteiger partial charge in [0.05, 0.1) is 29.5 Å². The lowest BCUT2D eigenvalue weighted by Crippen LogP contribution is -2.07. The van der Waals surface area contributed by atoms with Gasteiger partial charge in [-0.3, -0.25) is 4.98 Å². The molecule has 3 rings (SSSR count). The number of aliphatic hydroxyl groups is 1. The van der Waals surface area contributed by atoms with Gasteiger partial charge in [0.25, 0.3) is 0 Å². The summed E-state index contributed by atoms with van der Waals surface area (Å²) in [5.41, 5.74) is 4.57. The maximum absolute atomic E-state index is 8.84. The van der Waals surface area contributed by atoms with Crippen molar-refractivity contribution in [1.82, 2.24) is 9.97 Å². The Morgan fingerprint density at radius 3 is 2.52 bits per heavy atom. The van der Waals surface area contributed by atoms with Crippen molar-refractivity contribution in [3.05, 3.63) is 48.7 Å². The number of aromatic nitrogens is 2. The lowest BCUT2D eigenvalue weighted by Gasteiger charge is -2.12. The summed E-state index contributed by atoms with van der Waals surface area (Å²) in [6, 6.07) is 13.7. The van der Waals surface area contributed by atoms with Crippen molar-refractivity contribution in [1.29, 1.82) is 0 Å². The van der Waals surface area contributed by atoms with Crippen LogP contribution in [0.15, 0.2) is 48.7 Å². The second kappa shape index (κ2) is 6.62. The Kier molecular flexibility index (Phi) is 4.39. The first-order valence-corrected chi connectivity index (χ1v) is 7.45. The van der Waals surface area contributed by atoms with Gasteiger partial charge in [0, 0.05) is 31.4 Å². The van der Waals surface area contributed by atoms with Crippen LogP contribution in [0.3, 0.4) is 0 Å². The van der Waals surface area contributed by atoms with E-state index in [4.69, 9.17) is 9.84 Å². The normalized spacial score (nSPS) is 10.7. The van der Waals surface area contributed by atoms with E-state index in [1.807, 2.05) is 44.4 Å². The molecule has 0 atom stereocenters. The standard InChI is InChI=1S/C18H19N3O2/c1-21(2)14-5-3-13(4-6-14)18-12-19-16-8-7-15(23-10-9-22)11-17(16)20-18/h3-8,11-12,22H,9-10H2,1-2H3. The molecule has 23 heavy (non-hydrogen) atoms. The highest BCUT2D eigenvalue weighted by Crippen LogP contribution is 2.24. The van der Waals surface area contributed by atoms with Crippen LogP contribution >= 0.6 is 0 Å². The molecule has 0 saturated carbocycles. The summed E-state index contributed by atoms with van der Waals surface area (Å²) in [6.07, 6.45) is 1.78. The quantitative estimate of drug-likeness (QED) is 0.785. The summed E-state index contributed by atoms with van der Waals surface area (Å²) in [5, 5.41) is 8.84. The van der Waals surface area contributed by atoms with Gasteiger partial charge in [0.15, 0.2) is 0 Å². The average Bonchev–Trinajstić information content (AvgIpc) is 2.59. The van der Waals surface area contributed by atoms with Gasteiger partial charge in [-0.15, -0.1) is 0 Å². The smallest absolute Gasteiger partial charge is 0.121 e. The molecule has 0 bridgehead atoms. The minimum absolute atomic E-state index is 0.0119. The van der Waals surface area contributed by atoms with Gasteiger partial charge in [-0.05, 0) is 24.3 Å². The highest BCUT2D eigenvalue weighted by molar-refractivity contribution is 5.78. The van der Waals surface area contributed by atoms with Crippen molar-refractivity contribution in [3.8, 4) is 17.0 Å². The zero-order valence-electron chi connectivity index (χ0n) is 13.2. The zero-order valence-corrected chi connectivity index (χ0v) is 13.2. The first-order chi connectivity index (χ1) is 11.2. The number of hydrogen-bond acceptors (Lipinski definition) is 5. The number of aliphatic hydroxyl groups excluding tert-OH is 1. The van der Waals surface area contributed by atoms with Crippen LogP contribution in [0.2, 0.25) is 0 Å². The van der Waals surface area contributed by atoms with Crippen LogP contribution in [0.1, 0.15) is 0 Å². The molecule has 0 aliphatic heterocycles. The summed E-state index contributed by atoms with van der Waals surface area (Å²) < 4.78 is 5.43. The van der Waals surface area contributed by atoms with Crippen LogP contribution in [0, 0.1) is 0 Å². The van der Waals surface area contributed by atoms with E-state index in [1.165, 1.54) is 0 Å². The molecule has 5 nitrogen and oxygen atoms in total. The third-order valence-corrected chi connectivity index (χ3v) is 3.55. The van der Waals surface area contributed by atoms with E-state index in [2.05, 4.69) is 27.0 Å². The molecule has 0 saturated heterocycles. The Hall–Kier alpha value is -2.66. The molecule has 2 aromatic carbocycles. The lowest BCUT2D eigenvalue weighted by molar-refractivity contribution is 0.201. The molecule has 3 aromatic rings. The first kappa shape index (κ1) is 15.2. The predicted octanol–water partition coefficient (Wildman–Crippen LogP) is 2.73. The summed E-state index contributed by atoms with van der Waals surface area (Å²) >= 11 is 0. The summed E-state index contributed by atoms with van der Waals surface area (Å²) in [6.45, 7) is 0.257. The summed E-state index contributed by atoms with van der Waals surface area (Å²) in [7, 11) is 4.03. The molecular weight excluding hydrogens is 290 g/mol. The fourth-order valence-electron chi connectivity index (χ4n) is 2.31. The van der Waals surface area contributed by atoms with Gasteiger partial charge in [-0.1, -0.05) is 12.1 Å². The van der Waals surface area contributed by atoms with Crippen molar-refractivity contribution in [2.45, 2.75) is 0 Å². The number of nitrogens with zero attached hydrogens (tertiary/aromatic N) is 3. The van der Waals surface area contributed by atoms with Crippen LogP contribution in [-0.4, -0.2) is 42.4 Å². The molecule has 1 heterocycles. The van der Waals surface area contributed by atoms with Crippen LogP contribution in [-0.2, 0) is 0 Å². The Balaban J connectivity index is 1.94. The van der Waals surface area contributed by atoms with Crippen molar-refractivity contribution in [3.63, 3.8) is 0 Å². The number of ether oxygens (including phenoxy) is 1. The largest absolute Gasteiger partial charge is 0.491 e. The average molecular weight is 309 g/mol. The molecule has 1 N–H and O–H groups in total. The number of rotatable bonds is 5. The van der Waals surface area contributed by atoms with E-state index in [0.29, 0.717) is 5.75 Å². The Morgan fingerprint density at radius 2 is 1.83 bits per heavy atom. The number of benzene rings is 2. The van der Waals surface area contributed by atoms with Crippen LogP contribution in [0.4, 0.5) is 5.69 Å². The molecule has 0 fully saturated rings. The molecular formula is C18H19N3O2. The third kappa shape index (κ3) is 3.40. The van der Waals surface area contributed by atoms with Crippen LogP contribution < -0.4 is 9.64 Å². The Bertz CT molecular complexity index is 801. The minimum Gasteiger partial charge on any atom is -0.491 e. The van der Waals surface area contributed by atoms with E-state index in [-0.39, 0.29) is 13.2 Å². The maximum atomic E-state index is 8.84. The van der Waals surface area contributed by atoms with E-state index < -0.39 is 0 Å². The van der Waals surface area contributed by atoms with Crippen molar-refractivity contribution >= 4 is 16.7 Å². The molecule has 118 valence electrons. The van der Waals surface area contributed by atoms with Gasteiger partial charge in [-0.2, -0.15) is 0 Å². The maximum Gasteiger partial charge on any atom is 0.121 e. The van der Waals surface area contributed by atoms with E-state index >= 15 is 0 Å². The van der Waals surface area contributed by atoms with E-state index in [1.54, 1.807) is 6.20 Å². The molecule has 0 aliphatic rings. The summed E-state index contributed by atoms with van der Waals surface area (Å²) in [5.74, 6) is 0.681. The van der Waals surface area contributed by atoms with Crippen LogP contribution in [0.5, 0.6) is 5.75 Å². The third-order valence-electron chi connectivity index (χ3n) is 3.55. The number of fused-ring (bicyclic) bond motifs is 1. The Morgan fingerprint density at radius 1 is 1.04 bits per heavy atom. The van der Waals surface area contributed by atoms with Gasteiger partial charge in [0.1, 0.15) is 12.4 Å². The predicted molar refractivity (Wildman–Crippen MR) is 91.9 cm³/mol. The molecule has 0 aliphatic carbocycles. The highest BCUT2D eigenvalue weighted by atomic mass is 16.5. The topological polar surface area (TPSA) is 58.5 Å². The first-order valence-electron chi connectivity index (χ1n) is 7.45. The second-order valence-corrected chi connectivity index (χ2v) is 5.42. The van der Waals surface area contributed by atoms with Crippen molar-refractivity contribution < 1.29 is 9.84 Å². The summed E-state index contributed by atoms with van der Waals surface area (Å²) in [4.78, 5) is 11.2. The van der Waals surface area contributed by atoms with E-state index in [0.717, 1.165) is 28.0 Å². The lowest BCUT2D eigenvalue weighted by atomic mass is 10.1. The molecule has 0 amide bonds. The molecule has 5 heteroatoms. The van der Waals surface area contributed by atoms with E-state index in [9.17, 15) is 0 Å². The second-order valence-electron chi connectivity index (χ2n) is 5.42. The van der Waals surface area contributed by atoms with Crippen molar-refractivity contribution in [2.24, 2.45) is 0 Å². The fourth-order valence-corrected chi connectivity index (χ4v) is 2.31. The zero-order chi connectivity index (χ0) is 16.2. The Labute approximate surface area is 135 Å². The number of hydrogen-bond donors (Lipinski definition) is 1. The molecule has 0 spiro atoms. The molecule has 0 radical (unpaired) electrons. The number of anilines is 1. The molecule has 1 aromatic heterocycles. The fraction of sp³-hybridized carbons (Fsp3) is 0.222. The van der Waals surface area contributed by atoms with Gasteiger partial charge >= 0.3 is 0 Å². The van der Waals surface area contributed by atoms with Gasteiger partial charge < -0.3 is 14.7 Å². The monoisotopic (exact) mass is 309 g/mol. The van der Waals surface area contributed by atoms with Gasteiger partial charge in [0.2, 0.25) is 0 Å².